The molecule has 6 N–H and O–H groups in total. The Morgan fingerprint density at radius 3 is 0.857 bits per heavy atom. The maximum absolute atomic E-state index is 7.33. The largest absolute Gasteiger partial charge is 0.668 e. The molecule has 0 aromatic carbocycles. The van der Waals surface area contributed by atoms with Gasteiger partial charge >= 0.3 is 9.05 Å². The van der Waals surface area contributed by atoms with E-state index in [1.165, 1.54) is 0 Å². The summed E-state index contributed by atoms with van der Waals surface area (Å²) in [4.78, 5) is 29.3. The van der Waals surface area contributed by atoms with Crippen LogP contribution in [0.1, 0.15) is 0 Å². The fourth-order valence-corrected chi connectivity index (χ4v) is 0. The van der Waals surface area contributed by atoms with Crippen LogP contribution < -0.4 is 0 Å². The molecule has 0 fully saturated rings. The quantitative estimate of drug-likeness (QED) is 0.267. The van der Waals surface area contributed by atoms with E-state index in [0.29, 0.717) is 0 Å². The summed E-state index contributed by atoms with van der Waals surface area (Å²) in [6.07, 6.45) is 0. The summed E-state index contributed by atoms with van der Waals surface area (Å²) in [5, 5.41) is 0. The molecule has 5 nitrogen and oxygen atoms in total. The minimum Gasteiger partial charge on any atom is -0.412 e. The second-order valence-electron chi connectivity index (χ2n) is 0.600. The van der Waals surface area contributed by atoms with Crippen molar-refractivity contribution in [1.29, 1.82) is 0 Å². The second-order valence-corrected chi connectivity index (χ2v) is 1.80. The van der Waals surface area contributed by atoms with E-state index in [9.17, 15) is 0 Å². The van der Waals surface area contributed by atoms with Crippen LogP contribution in [0, 0.1) is 0 Å². The molecule has 0 aromatic heterocycles. The molecular formula is H6KO5Si. The smallest absolute Gasteiger partial charge is 0.412 e. The molecule has 0 heterocycles. The van der Waals surface area contributed by atoms with E-state index in [-0.39, 0.29) is 56.9 Å². The van der Waals surface area contributed by atoms with Crippen molar-refractivity contribution in [2.45, 2.75) is 0 Å². The molecule has 7 heteroatoms. The maximum atomic E-state index is 7.33. The molecule has 0 unspecified atom stereocenters. The average molecular weight is 153 g/mol. The fraction of sp³-hybridized carbons (Fsp3) is 0. The van der Waals surface area contributed by atoms with E-state index in [4.69, 9.17) is 19.2 Å². The molecule has 0 bridgehead atoms. The van der Waals surface area contributed by atoms with E-state index in [1.807, 2.05) is 0 Å². The molecule has 0 amide bonds. The van der Waals surface area contributed by atoms with Gasteiger partial charge in [-0.15, -0.1) is 0 Å². The predicted octanol–water partition coefficient (Wildman–Crippen LogP) is -3.81. The summed E-state index contributed by atoms with van der Waals surface area (Å²) in [5.74, 6) is 0. The van der Waals surface area contributed by atoms with Gasteiger partial charge in [-0.25, -0.2) is 0 Å². The summed E-state index contributed by atoms with van der Waals surface area (Å²) in [5.41, 5.74) is 0. The first-order valence-corrected chi connectivity index (χ1v) is 2.68. The van der Waals surface area contributed by atoms with E-state index < -0.39 is 9.05 Å². The van der Waals surface area contributed by atoms with Gasteiger partial charge in [-0.2, -0.15) is 0 Å². The molecule has 0 aliphatic heterocycles. The maximum Gasteiger partial charge on any atom is 0.668 e. The summed E-state index contributed by atoms with van der Waals surface area (Å²) in [6.45, 7) is 0. The minimum absolute atomic E-state index is 0. The van der Waals surface area contributed by atoms with E-state index in [2.05, 4.69) is 0 Å². The normalized spacial score (nSPS) is 8.57. The van der Waals surface area contributed by atoms with Gasteiger partial charge in [0.15, 0.2) is 0 Å². The van der Waals surface area contributed by atoms with Crippen LogP contribution >= 0.6 is 0 Å². The molecule has 0 saturated carbocycles. The van der Waals surface area contributed by atoms with Gasteiger partial charge in [0.05, 0.1) is 0 Å². The Morgan fingerprint density at radius 1 is 0.857 bits per heavy atom. The third-order valence-electron chi connectivity index (χ3n) is 0. The molecule has 0 aliphatic carbocycles. The van der Waals surface area contributed by atoms with E-state index in [0.717, 1.165) is 0 Å². The van der Waals surface area contributed by atoms with Gasteiger partial charge in [-0.3, -0.25) is 0 Å². The average Bonchev–Trinajstić information content (AvgIpc) is 0.722. The van der Waals surface area contributed by atoms with Crippen LogP contribution in [0.2, 0.25) is 0 Å². The first kappa shape index (κ1) is 15.9. The van der Waals surface area contributed by atoms with Crippen molar-refractivity contribution in [1.82, 2.24) is 0 Å². The first-order chi connectivity index (χ1) is 2.00. The van der Waals surface area contributed by atoms with Gasteiger partial charge in [-0.1, -0.05) is 0 Å². The molecule has 0 saturated heterocycles. The van der Waals surface area contributed by atoms with E-state index >= 15 is 0 Å². The summed E-state index contributed by atoms with van der Waals surface area (Å²) >= 11 is 0. The summed E-state index contributed by atoms with van der Waals surface area (Å²) in [7, 11) is -4.61. The molecule has 0 atom stereocenters. The zero-order valence-electron chi connectivity index (χ0n) is 3.79. The van der Waals surface area contributed by atoms with Gasteiger partial charge < -0.3 is 24.7 Å². The standard InChI is InChI=1S/K.H4O4Si.H2O/c;1-5(2,3)4;/h;1-4H;1H2. The Bertz CT molecular complexity index is 23.6. The molecule has 1 radical (unpaired) electrons. The van der Waals surface area contributed by atoms with Crippen LogP contribution in [0.4, 0.5) is 0 Å². The van der Waals surface area contributed by atoms with Crippen LogP contribution in [-0.2, 0) is 0 Å². The number of hydrogen-bond acceptors (Lipinski definition) is 4. The van der Waals surface area contributed by atoms with Crippen molar-refractivity contribution in [3.8, 4) is 0 Å². The molecule has 0 spiro atoms. The zero-order chi connectivity index (χ0) is 4.50. The van der Waals surface area contributed by atoms with Crippen molar-refractivity contribution in [3.05, 3.63) is 0 Å². The topological polar surface area (TPSA) is 112 Å². The Labute approximate surface area is 83.8 Å². The summed E-state index contributed by atoms with van der Waals surface area (Å²) < 4.78 is 0. The molecular weight excluding hydrogens is 147 g/mol. The monoisotopic (exact) mass is 153 g/mol. The van der Waals surface area contributed by atoms with Crippen LogP contribution in [-0.4, -0.2) is 85.1 Å². The fourth-order valence-electron chi connectivity index (χ4n) is 0. The van der Waals surface area contributed by atoms with Crippen LogP contribution in [0.5, 0.6) is 0 Å². The minimum atomic E-state index is -4.61. The van der Waals surface area contributed by atoms with Crippen molar-refractivity contribution in [3.63, 3.8) is 0 Å². The van der Waals surface area contributed by atoms with Crippen molar-refractivity contribution in [2.24, 2.45) is 0 Å². The molecule has 0 rings (SSSR count). The van der Waals surface area contributed by atoms with Gasteiger partial charge in [0.1, 0.15) is 0 Å². The molecule has 0 aliphatic rings. The van der Waals surface area contributed by atoms with E-state index in [1.54, 1.807) is 0 Å². The van der Waals surface area contributed by atoms with Crippen molar-refractivity contribution < 1.29 is 24.7 Å². The third kappa shape index (κ3) is 89.5. The molecule has 41 valence electrons. The Kier molecular flexibility index (Phi) is 13.1. The predicted molar refractivity (Wildman–Crippen MR) is 24.0 cm³/mol. The van der Waals surface area contributed by atoms with Crippen LogP contribution in [0.15, 0.2) is 0 Å². The Hall–Kier alpha value is 1.65. The van der Waals surface area contributed by atoms with Crippen LogP contribution in [0.3, 0.4) is 0 Å². The van der Waals surface area contributed by atoms with Gasteiger partial charge in [-0.05, 0) is 0 Å². The number of hydrogen-bond donors (Lipinski definition) is 4. The zero-order valence-corrected chi connectivity index (χ0v) is 7.91. The third-order valence-corrected chi connectivity index (χ3v) is 0. The van der Waals surface area contributed by atoms with Crippen LogP contribution in [0.25, 0.3) is 0 Å². The van der Waals surface area contributed by atoms with Crippen molar-refractivity contribution >= 4 is 60.4 Å². The molecule has 0 aromatic rings. The SMILES string of the molecule is O.O[Si](O)(O)O.[K]. The molecule has 7 heavy (non-hydrogen) atoms. The number of rotatable bonds is 0. The van der Waals surface area contributed by atoms with Crippen molar-refractivity contribution in [2.75, 3.05) is 0 Å². The summed E-state index contributed by atoms with van der Waals surface area (Å²) in [6, 6.07) is 0. The van der Waals surface area contributed by atoms with Gasteiger partial charge in [0.2, 0.25) is 0 Å². The first-order valence-electron chi connectivity index (χ1n) is 0.894. The van der Waals surface area contributed by atoms with Gasteiger partial charge in [0.25, 0.3) is 0 Å². The van der Waals surface area contributed by atoms with Gasteiger partial charge in [0, 0.05) is 51.4 Å². The second kappa shape index (κ2) is 5.78. The Balaban J connectivity index is -0.0000000800. The Morgan fingerprint density at radius 2 is 0.857 bits per heavy atom.